The SMILES string of the molecule is CC(C)C1NC(=S)N(c2ccc(OC(=O)N3CCC(CSc4ncn[nH]4)CC3)cn2)C1=O. The molecule has 0 aromatic carbocycles. The van der Waals surface area contributed by atoms with E-state index in [0.717, 1.165) is 23.8 Å². The molecule has 2 N–H and O–H groups in total. The summed E-state index contributed by atoms with van der Waals surface area (Å²) in [5, 5.41) is 10.9. The number of H-pyrrole nitrogens is 1. The number of anilines is 1. The van der Waals surface area contributed by atoms with E-state index < -0.39 is 6.09 Å². The van der Waals surface area contributed by atoms with Gasteiger partial charge in [0.15, 0.2) is 16.0 Å². The van der Waals surface area contributed by atoms with E-state index in [1.165, 1.54) is 17.4 Å². The summed E-state index contributed by atoms with van der Waals surface area (Å²) < 4.78 is 5.48. The van der Waals surface area contributed by atoms with Gasteiger partial charge in [-0.15, -0.1) is 0 Å². The molecule has 2 aliphatic rings. The number of likely N-dealkylation sites (tertiary alicyclic amines) is 1. The Morgan fingerprint density at radius 1 is 1.31 bits per heavy atom. The number of hydrogen-bond acceptors (Lipinski definition) is 8. The monoisotopic (exact) mass is 475 g/mol. The van der Waals surface area contributed by atoms with Gasteiger partial charge in [-0.25, -0.2) is 19.7 Å². The quantitative estimate of drug-likeness (QED) is 0.480. The van der Waals surface area contributed by atoms with Crippen LogP contribution in [0.2, 0.25) is 0 Å². The van der Waals surface area contributed by atoms with Crippen LogP contribution in [0.5, 0.6) is 5.75 Å². The van der Waals surface area contributed by atoms with E-state index in [2.05, 4.69) is 25.5 Å². The van der Waals surface area contributed by atoms with Crippen molar-refractivity contribution in [3.05, 3.63) is 24.7 Å². The molecular formula is C20H25N7O3S2. The van der Waals surface area contributed by atoms with Gasteiger partial charge in [-0.2, -0.15) is 5.10 Å². The summed E-state index contributed by atoms with van der Waals surface area (Å²) in [6, 6.07) is 2.89. The number of thioether (sulfide) groups is 1. The Hall–Kier alpha value is -2.73. The Labute approximate surface area is 195 Å². The molecule has 0 aliphatic carbocycles. The first-order valence-electron chi connectivity index (χ1n) is 10.5. The molecule has 2 aromatic rings. The lowest BCUT2D eigenvalue weighted by Gasteiger charge is -2.30. The van der Waals surface area contributed by atoms with Crippen LogP contribution in [-0.2, 0) is 4.79 Å². The van der Waals surface area contributed by atoms with Crippen LogP contribution < -0.4 is 15.0 Å². The molecule has 1 unspecified atom stereocenters. The summed E-state index contributed by atoms with van der Waals surface area (Å²) >= 11 is 6.93. The number of carbonyl (C=O) groups is 2. The van der Waals surface area contributed by atoms with Crippen LogP contribution in [0.3, 0.4) is 0 Å². The van der Waals surface area contributed by atoms with E-state index >= 15 is 0 Å². The molecule has 0 radical (unpaired) electrons. The van der Waals surface area contributed by atoms with Crippen LogP contribution in [0.4, 0.5) is 10.6 Å². The third-order valence-corrected chi connectivity index (χ3v) is 6.92. The number of nitrogens with one attached hydrogen (secondary N) is 2. The molecule has 1 atom stereocenters. The summed E-state index contributed by atoms with van der Waals surface area (Å²) in [5.41, 5.74) is 0. The van der Waals surface area contributed by atoms with Crippen LogP contribution in [0.1, 0.15) is 26.7 Å². The molecule has 32 heavy (non-hydrogen) atoms. The van der Waals surface area contributed by atoms with Gasteiger partial charge in [0.1, 0.15) is 18.2 Å². The summed E-state index contributed by atoms with van der Waals surface area (Å²) in [7, 11) is 0. The number of piperidine rings is 1. The minimum Gasteiger partial charge on any atom is -0.409 e. The van der Waals surface area contributed by atoms with Crippen LogP contribution in [0.25, 0.3) is 0 Å². The molecule has 170 valence electrons. The van der Waals surface area contributed by atoms with E-state index in [9.17, 15) is 9.59 Å². The normalized spacial score (nSPS) is 19.5. The zero-order chi connectivity index (χ0) is 22.7. The molecule has 2 aromatic heterocycles. The van der Waals surface area contributed by atoms with Gasteiger partial charge in [-0.1, -0.05) is 25.6 Å². The highest BCUT2D eigenvalue weighted by atomic mass is 32.2. The second-order valence-corrected chi connectivity index (χ2v) is 9.49. The predicted octanol–water partition coefficient (Wildman–Crippen LogP) is 2.45. The number of hydrogen-bond donors (Lipinski definition) is 2. The Morgan fingerprint density at radius 2 is 2.09 bits per heavy atom. The molecule has 2 fully saturated rings. The lowest BCUT2D eigenvalue weighted by atomic mass is 9.99. The maximum absolute atomic E-state index is 12.6. The largest absolute Gasteiger partial charge is 0.415 e. The average Bonchev–Trinajstić information content (AvgIpc) is 3.41. The number of thiocarbonyl (C=S) groups is 1. The minimum atomic E-state index is -0.393. The highest BCUT2D eigenvalue weighted by molar-refractivity contribution is 7.99. The molecule has 4 rings (SSSR count). The van der Waals surface area contributed by atoms with E-state index in [-0.39, 0.29) is 17.9 Å². The Balaban J connectivity index is 1.27. The predicted molar refractivity (Wildman–Crippen MR) is 124 cm³/mol. The molecule has 2 saturated heterocycles. The number of carbonyl (C=O) groups excluding carboxylic acids is 2. The molecule has 0 bridgehead atoms. The number of aromatic amines is 1. The van der Waals surface area contributed by atoms with Crippen molar-refractivity contribution in [2.24, 2.45) is 11.8 Å². The molecule has 10 nitrogen and oxygen atoms in total. The van der Waals surface area contributed by atoms with Crippen molar-refractivity contribution in [1.82, 2.24) is 30.4 Å². The van der Waals surface area contributed by atoms with Gasteiger partial charge < -0.3 is 15.0 Å². The highest BCUT2D eigenvalue weighted by Crippen LogP contribution is 2.26. The second kappa shape index (κ2) is 9.82. The van der Waals surface area contributed by atoms with E-state index in [4.69, 9.17) is 17.0 Å². The molecule has 0 saturated carbocycles. The van der Waals surface area contributed by atoms with Crippen LogP contribution >= 0.6 is 24.0 Å². The lowest BCUT2D eigenvalue weighted by molar-refractivity contribution is -0.119. The van der Waals surface area contributed by atoms with Crippen molar-refractivity contribution >= 4 is 46.9 Å². The molecule has 2 aliphatic heterocycles. The Morgan fingerprint density at radius 3 is 2.69 bits per heavy atom. The number of aromatic nitrogens is 4. The Kier molecular flexibility index (Phi) is 6.89. The summed E-state index contributed by atoms with van der Waals surface area (Å²) in [5.74, 6) is 2.16. The van der Waals surface area contributed by atoms with Gasteiger partial charge in [-0.3, -0.25) is 9.89 Å². The maximum Gasteiger partial charge on any atom is 0.415 e. The fraction of sp³-hybridized carbons (Fsp3) is 0.500. The molecular weight excluding hydrogens is 450 g/mol. The Bertz CT molecular complexity index is 960. The van der Waals surface area contributed by atoms with Crippen molar-refractivity contribution < 1.29 is 14.3 Å². The van der Waals surface area contributed by atoms with Gasteiger partial charge >= 0.3 is 6.09 Å². The summed E-state index contributed by atoms with van der Waals surface area (Å²) in [6.45, 7) is 5.20. The van der Waals surface area contributed by atoms with Crippen molar-refractivity contribution in [1.29, 1.82) is 0 Å². The average molecular weight is 476 g/mol. The first kappa shape index (κ1) is 22.5. The van der Waals surface area contributed by atoms with Crippen LogP contribution in [0, 0.1) is 11.8 Å². The maximum atomic E-state index is 12.6. The number of amides is 2. The first-order chi connectivity index (χ1) is 15.4. The number of pyridine rings is 1. The minimum absolute atomic E-state index is 0.107. The molecule has 12 heteroatoms. The van der Waals surface area contributed by atoms with Crippen molar-refractivity contribution in [2.45, 2.75) is 37.9 Å². The molecule has 4 heterocycles. The number of ether oxygens (including phenoxy) is 1. The second-order valence-electron chi connectivity index (χ2n) is 8.10. The van der Waals surface area contributed by atoms with Crippen molar-refractivity contribution in [2.75, 3.05) is 23.7 Å². The zero-order valence-electron chi connectivity index (χ0n) is 17.9. The van der Waals surface area contributed by atoms with Crippen molar-refractivity contribution in [3.8, 4) is 5.75 Å². The fourth-order valence-corrected chi connectivity index (χ4v) is 4.92. The van der Waals surface area contributed by atoms with Gasteiger partial charge in [0, 0.05) is 18.8 Å². The number of nitrogens with zero attached hydrogens (tertiary/aromatic N) is 5. The van der Waals surface area contributed by atoms with Crippen LogP contribution in [0.15, 0.2) is 29.8 Å². The zero-order valence-corrected chi connectivity index (χ0v) is 19.5. The van der Waals surface area contributed by atoms with E-state index in [1.807, 2.05) is 13.8 Å². The van der Waals surface area contributed by atoms with Crippen molar-refractivity contribution in [3.63, 3.8) is 0 Å². The van der Waals surface area contributed by atoms with Gasteiger partial charge in [0.2, 0.25) is 0 Å². The van der Waals surface area contributed by atoms with E-state index in [1.54, 1.807) is 28.8 Å². The first-order valence-corrected chi connectivity index (χ1v) is 11.9. The summed E-state index contributed by atoms with van der Waals surface area (Å²) in [4.78, 5) is 36.6. The highest BCUT2D eigenvalue weighted by Gasteiger charge is 2.38. The van der Waals surface area contributed by atoms with Gasteiger partial charge in [0.25, 0.3) is 5.91 Å². The standard InChI is InChI=1S/C20H25N7O3S2/c1-12(2)16-17(28)27(19(31)24-16)15-4-3-14(9-21-15)30-20(29)26-7-5-13(6-8-26)10-32-18-22-11-23-25-18/h3-4,9,11-13,16H,5-8,10H2,1-2H3,(H,24,31)(H,22,23,25). The summed E-state index contributed by atoms with van der Waals surface area (Å²) in [6.07, 6.45) is 4.36. The van der Waals surface area contributed by atoms with Gasteiger partial charge in [0.05, 0.1) is 6.20 Å². The third kappa shape index (κ3) is 5.01. The topological polar surface area (TPSA) is 116 Å². The van der Waals surface area contributed by atoms with E-state index in [0.29, 0.717) is 35.7 Å². The molecule has 2 amide bonds. The lowest BCUT2D eigenvalue weighted by Crippen LogP contribution is -2.40. The smallest absolute Gasteiger partial charge is 0.409 e. The van der Waals surface area contributed by atoms with Crippen LogP contribution in [-0.4, -0.2) is 67.1 Å². The third-order valence-electron chi connectivity index (χ3n) is 5.51. The molecule has 0 spiro atoms. The van der Waals surface area contributed by atoms with Gasteiger partial charge in [-0.05, 0) is 49.0 Å². The fourth-order valence-electron chi connectivity index (χ4n) is 3.64. The number of rotatable bonds is 6.